The number of hydrogen-bond acceptors (Lipinski definition) is 8. The molecule has 0 saturated carbocycles. The van der Waals surface area contributed by atoms with Crippen molar-refractivity contribution in [2.45, 2.75) is 32.8 Å². The van der Waals surface area contributed by atoms with Gasteiger partial charge in [0.15, 0.2) is 0 Å². The first-order chi connectivity index (χ1) is 9.58. The first-order valence-corrected chi connectivity index (χ1v) is 6.24. The summed E-state index contributed by atoms with van der Waals surface area (Å²) in [6.07, 6.45) is -1.72. The zero-order valence-corrected chi connectivity index (χ0v) is 15.0. The van der Waals surface area contributed by atoms with E-state index in [0.717, 1.165) is 0 Å². The van der Waals surface area contributed by atoms with Crippen molar-refractivity contribution in [1.29, 1.82) is 0 Å². The van der Waals surface area contributed by atoms with E-state index in [4.69, 9.17) is 10.8 Å². The van der Waals surface area contributed by atoms with E-state index >= 15 is 0 Å². The minimum atomic E-state index is -1.37. The van der Waals surface area contributed by atoms with E-state index in [1.807, 2.05) is 0 Å². The Morgan fingerprint density at radius 1 is 1.18 bits per heavy atom. The maximum Gasteiger partial charge on any atom is 2.00 e. The number of carbonyl (C=O) groups is 3. The number of aliphatic hydroxyl groups is 2. The number of carbonyl (C=O) groups excluding carboxylic acids is 3. The molecule has 0 spiro atoms. The minimum absolute atomic E-state index is 0. The van der Waals surface area contributed by atoms with Crippen LogP contribution < -0.4 is 21.3 Å². The van der Waals surface area contributed by atoms with E-state index in [0.29, 0.717) is 0 Å². The van der Waals surface area contributed by atoms with E-state index in [2.05, 4.69) is 5.32 Å². The van der Waals surface area contributed by atoms with Gasteiger partial charge in [0.05, 0.1) is 6.61 Å². The average Bonchev–Trinajstić information content (AvgIpc) is 2.37. The van der Waals surface area contributed by atoms with Crippen LogP contribution in [0.2, 0.25) is 0 Å². The summed E-state index contributed by atoms with van der Waals surface area (Å²) in [5.41, 5.74) is 3.86. The van der Waals surface area contributed by atoms with E-state index in [1.54, 1.807) is 0 Å². The molecule has 0 aliphatic carbocycles. The second kappa shape index (κ2) is 14.2. The van der Waals surface area contributed by atoms with Gasteiger partial charge in [0.2, 0.25) is 5.91 Å². The van der Waals surface area contributed by atoms with Crippen LogP contribution in [0.15, 0.2) is 0 Å². The van der Waals surface area contributed by atoms with Crippen LogP contribution >= 0.6 is 0 Å². The molecule has 0 aliphatic heterocycles. The summed E-state index contributed by atoms with van der Waals surface area (Å²) in [6, 6.07) is 0. The number of carboxylic acids is 2. The topological polar surface area (TPSA) is 176 Å². The molecule has 22 heavy (non-hydrogen) atoms. The molecule has 0 aromatic carbocycles. The molecule has 0 rings (SSSR count). The zero-order chi connectivity index (χ0) is 17.1. The van der Waals surface area contributed by atoms with Gasteiger partial charge in [-0.1, -0.05) is 13.8 Å². The summed E-state index contributed by atoms with van der Waals surface area (Å²) in [5, 5.41) is 40.0. The summed E-state index contributed by atoms with van der Waals surface area (Å²) in [4.78, 5) is 30.7. The summed E-state index contributed by atoms with van der Waals surface area (Å²) in [6.45, 7) is 2.77. The zero-order valence-electron chi connectivity index (χ0n) is 12.8. The third kappa shape index (κ3) is 14.5. The molecule has 0 heterocycles. The smallest absolute Gasteiger partial charge is 0.550 e. The second-order valence-electron chi connectivity index (χ2n) is 4.87. The molecule has 0 aliphatic rings. The predicted molar refractivity (Wildman–Crippen MR) is 73.9 cm³/mol. The number of aliphatic carboxylic acids is 2. The van der Waals surface area contributed by atoms with Crippen molar-refractivity contribution in [2.75, 3.05) is 19.7 Å². The number of carboxylic acid groups (broad SMARTS) is 2. The van der Waals surface area contributed by atoms with Crippen LogP contribution in [0.25, 0.3) is 0 Å². The fraction of sp³-hybridized carbons (Fsp3) is 0.750. The van der Waals surface area contributed by atoms with Gasteiger partial charge < -0.3 is 41.1 Å². The fourth-order valence-corrected chi connectivity index (χ4v) is 0.944. The molecule has 0 saturated heterocycles. The van der Waals surface area contributed by atoms with Crippen molar-refractivity contribution in [3.63, 3.8) is 0 Å². The van der Waals surface area contributed by atoms with E-state index in [1.165, 1.54) is 13.8 Å². The van der Waals surface area contributed by atoms with Gasteiger partial charge in [-0.05, 0) is 13.0 Å². The molecular weight excluding hydrogens is 324 g/mol. The van der Waals surface area contributed by atoms with Crippen molar-refractivity contribution in [3.05, 3.63) is 0 Å². The van der Waals surface area contributed by atoms with Crippen LogP contribution in [0, 0.1) is 5.41 Å². The van der Waals surface area contributed by atoms with Crippen LogP contribution in [0.1, 0.15) is 26.7 Å². The maximum atomic E-state index is 11.2. The van der Waals surface area contributed by atoms with Gasteiger partial charge in [-0.15, -0.1) is 0 Å². The maximum absolute atomic E-state index is 11.2. The van der Waals surface area contributed by atoms with Crippen molar-refractivity contribution in [2.24, 2.45) is 11.1 Å². The summed E-state index contributed by atoms with van der Waals surface area (Å²) >= 11 is 0. The largest absolute Gasteiger partial charge is 2.00 e. The molecule has 1 amide bonds. The Labute approximate surface area is 158 Å². The monoisotopic (exact) mass is 346 g/mol. The molecule has 124 valence electrons. The molecular formula is C12H22CaN2O7. The quantitative estimate of drug-likeness (QED) is 0.317. The Morgan fingerprint density at radius 2 is 1.64 bits per heavy atom. The fourth-order valence-electron chi connectivity index (χ4n) is 0.944. The van der Waals surface area contributed by atoms with Gasteiger partial charge in [-0.25, -0.2) is 0 Å². The van der Waals surface area contributed by atoms with Gasteiger partial charge in [0.25, 0.3) is 0 Å². The van der Waals surface area contributed by atoms with Crippen LogP contribution in [0.4, 0.5) is 0 Å². The first kappa shape index (κ1) is 26.4. The van der Waals surface area contributed by atoms with Crippen molar-refractivity contribution in [3.8, 4) is 0 Å². The second-order valence-corrected chi connectivity index (χ2v) is 4.87. The summed E-state index contributed by atoms with van der Waals surface area (Å²) in [7, 11) is 0. The molecule has 0 radical (unpaired) electrons. The molecule has 5 N–H and O–H groups in total. The third-order valence-electron chi connectivity index (χ3n) is 2.37. The molecule has 10 heteroatoms. The standard InChI is InChI=1S/C9H17NO5.C3H7NO2.Ca/c1-9(2,5-11)7(14)8(15)10-4-3-6(12)13;4-2-1-3(5)6;/h7,11,14H,3-5H2,1-2H3,(H,10,15)(H,12,13);1-2,4H2,(H,5,6);/q;;+2/p-2/t7-;;/m0../s1. The van der Waals surface area contributed by atoms with E-state index in [9.17, 15) is 29.7 Å². The van der Waals surface area contributed by atoms with Gasteiger partial charge in [0.1, 0.15) is 6.10 Å². The van der Waals surface area contributed by atoms with Crippen LogP contribution in [0.5, 0.6) is 0 Å². The summed E-state index contributed by atoms with van der Waals surface area (Å²) in [5.74, 6) is -3.06. The minimum Gasteiger partial charge on any atom is -0.550 e. The van der Waals surface area contributed by atoms with Crippen LogP contribution in [0.3, 0.4) is 0 Å². The molecule has 0 aromatic rings. The predicted octanol–water partition coefficient (Wildman–Crippen LogP) is -4.67. The Hall–Kier alpha value is -0.450. The Morgan fingerprint density at radius 3 is 1.91 bits per heavy atom. The van der Waals surface area contributed by atoms with Gasteiger partial charge in [0, 0.05) is 30.3 Å². The normalized spacial score (nSPS) is 11.3. The number of amides is 1. The van der Waals surface area contributed by atoms with Gasteiger partial charge >= 0.3 is 37.7 Å². The Bertz CT molecular complexity index is 350. The van der Waals surface area contributed by atoms with Crippen LogP contribution in [-0.2, 0) is 14.4 Å². The number of nitrogens with two attached hydrogens (primary N) is 1. The SMILES string of the molecule is CC(C)(CO)[C@@H](O)C(=O)NCCC(=O)[O-].NCCC(=O)[O-].[Ca+2]. The molecule has 1 atom stereocenters. The molecule has 0 bridgehead atoms. The number of aliphatic hydroxyl groups excluding tert-OH is 2. The third-order valence-corrected chi connectivity index (χ3v) is 2.37. The molecule has 0 fully saturated rings. The van der Waals surface area contributed by atoms with Crippen molar-refractivity contribution < 1.29 is 34.8 Å². The first-order valence-electron chi connectivity index (χ1n) is 6.24. The van der Waals surface area contributed by atoms with Crippen molar-refractivity contribution in [1.82, 2.24) is 5.32 Å². The summed E-state index contributed by atoms with van der Waals surface area (Å²) < 4.78 is 0. The number of hydrogen-bond donors (Lipinski definition) is 4. The Kier molecular flexibility index (Phi) is 17.0. The van der Waals surface area contributed by atoms with Crippen molar-refractivity contribution >= 4 is 55.6 Å². The molecule has 9 nitrogen and oxygen atoms in total. The van der Waals surface area contributed by atoms with Gasteiger partial charge in [-0.3, -0.25) is 4.79 Å². The molecule has 0 unspecified atom stereocenters. The van der Waals surface area contributed by atoms with E-state index in [-0.39, 0.29) is 70.3 Å². The molecule has 0 aromatic heterocycles. The Balaban J connectivity index is -0.000000439. The van der Waals surface area contributed by atoms with Crippen LogP contribution in [-0.4, -0.2) is 91.6 Å². The van der Waals surface area contributed by atoms with E-state index < -0.39 is 29.4 Å². The number of nitrogens with one attached hydrogen (secondary N) is 1. The van der Waals surface area contributed by atoms with Gasteiger partial charge in [-0.2, -0.15) is 0 Å². The average molecular weight is 346 g/mol. The number of rotatable bonds is 8.